The van der Waals surface area contributed by atoms with E-state index in [9.17, 15) is 9.59 Å². The average Bonchev–Trinajstić information content (AvgIpc) is 3.16. The van der Waals surface area contributed by atoms with Gasteiger partial charge in [0.15, 0.2) is 11.7 Å². The molecule has 1 aliphatic carbocycles. The van der Waals surface area contributed by atoms with Gasteiger partial charge >= 0.3 is 5.97 Å². The van der Waals surface area contributed by atoms with Gasteiger partial charge in [-0.15, -0.1) is 0 Å². The minimum absolute atomic E-state index is 0.245. The first-order valence-electron chi connectivity index (χ1n) is 6.61. The van der Waals surface area contributed by atoms with Crippen LogP contribution in [-0.2, 0) is 9.59 Å². The van der Waals surface area contributed by atoms with Gasteiger partial charge in [0.25, 0.3) is 0 Å². The van der Waals surface area contributed by atoms with E-state index >= 15 is 0 Å². The van der Waals surface area contributed by atoms with Crippen LogP contribution in [0.5, 0.6) is 0 Å². The van der Waals surface area contributed by atoms with Crippen molar-refractivity contribution in [1.82, 2.24) is 4.98 Å². The summed E-state index contributed by atoms with van der Waals surface area (Å²) >= 11 is 0. The third kappa shape index (κ3) is 2.79. The molecule has 1 fully saturated rings. The van der Waals surface area contributed by atoms with Crippen LogP contribution in [0.1, 0.15) is 12.3 Å². The highest BCUT2D eigenvalue weighted by molar-refractivity contribution is 5.98. The van der Waals surface area contributed by atoms with E-state index in [0.29, 0.717) is 23.8 Å². The van der Waals surface area contributed by atoms with Crippen molar-refractivity contribution in [3.05, 3.63) is 36.4 Å². The fraction of sp³-hybridized carbons (Fsp3) is 0.267. The van der Waals surface area contributed by atoms with Gasteiger partial charge < -0.3 is 14.8 Å². The first kappa shape index (κ1) is 13.4. The Hall–Kier alpha value is -2.63. The standard InChI is InChI=1S/C15H14N2O4/c1-8-16-7-13(21-8)9-2-4-10(5-3-9)17-14(18)11-6-12(11)15(19)20/h2-5,7,11-12H,6H2,1H3,(H,17,18)(H,19,20). The van der Waals surface area contributed by atoms with Gasteiger partial charge in [-0.1, -0.05) is 0 Å². The SMILES string of the molecule is Cc1ncc(-c2ccc(NC(=O)C3CC3C(=O)O)cc2)o1. The zero-order valence-corrected chi connectivity index (χ0v) is 11.4. The molecular weight excluding hydrogens is 272 g/mol. The number of benzene rings is 1. The number of carboxylic acid groups (broad SMARTS) is 1. The summed E-state index contributed by atoms with van der Waals surface area (Å²) in [6.45, 7) is 1.77. The number of oxazole rings is 1. The molecule has 2 N–H and O–H groups in total. The maximum absolute atomic E-state index is 11.8. The molecule has 0 spiro atoms. The van der Waals surface area contributed by atoms with E-state index in [-0.39, 0.29) is 5.91 Å². The molecule has 108 valence electrons. The molecule has 0 aliphatic heterocycles. The predicted molar refractivity (Wildman–Crippen MR) is 74.5 cm³/mol. The molecular formula is C15H14N2O4. The minimum atomic E-state index is -0.911. The van der Waals surface area contributed by atoms with Gasteiger partial charge in [0, 0.05) is 18.2 Å². The third-order valence-electron chi connectivity index (χ3n) is 3.50. The lowest BCUT2D eigenvalue weighted by Crippen LogP contribution is -2.16. The smallest absolute Gasteiger partial charge is 0.307 e. The molecule has 2 atom stereocenters. The number of nitrogens with one attached hydrogen (secondary N) is 1. The molecule has 3 rings (SSSR count). The molecule has 1 heterocycles. The lowest BCUT2D eigenvalue weighted by molar-refractivity contribution is -0.139. The van der Waals surface area contributed by atoms with E-state index in [1.165, 1.54) is 0 Å². The Morgan fingerprint density at radius 1 is 1.29 bits per heavy atom. The van der Waals surface area contributed by atoms with E-state index in [4.69, 9.17) is 9.52 Å². The number of carbonyl (C=O) groups excluding carboxylic acids is 1. The van der Waals surface area contributed by atoms with Crippen molar-refractivity contribution >= 4 is 17.6 Å². The zero-order valence-electron chi connectivity index (χ0n) is 11.4. The highest BCUT2D eigenvalue weighted by atomic mass is 16.4. The number of amides is 1. The lowest BCUT2D eigenvalue weighted by atomic mass is 10.1. The van der Waals surface area contributed by atoms with E-state index in [2.05, 4.69) is 10.3 Å². The number of hydrogen-bond donors (Lipinski definition) is 2. The van der Waals surface area contributed by atoms with Gasteiger partial charge in [-0.3, -0.25) is 9.59 Å². The number of carbonyl (C=O) groups is 2. The van der Waals surface area contributed by atoms with Crippen molar-refractivity contribution < 1.29 is 19.1 Å². The number of aromatic nitrogens is 1. The van der Waals surface area contributed by atoms with Crippen LogP contribution in [-0.4, -0.2) is 22.0 Å². The predicted octanol–water partition coefficient (Wildman–Crippen LogP) is 2.31. The van der Waals surface area contributed by atoms with Crippen LogP contribution in [0.3, 0.4) is 0 Å². The second-order valence-electron chi connectivity index (χ2n) is 5.10. The maximum Gasteiger partial charge on any atom is 0.307 e. The van der Waals surface area contributed by atoms with Crippen LogP contribution in [0.25, 0.3) is 11.3 Å². The van der Waals surface area contributed by atoms with E-state index in [1.54, 1.807) is 25.3 Å². The second-order valence-corrected chi connectivity index (χ2v) is 5.10. The van der Waals surface area contributed by atoms with Crippen LogP contribution in [0.2, 0.25) is 0 Å². The Labute approximate surface area is 120 Å². The molecule has 6 nitrogen and oxygen atoms in total. The van der Waals surface area contributed by atoms with Crippen LogP contribution < -0.4 is 5.32 Å². The minimum Gasteiger partial charge on any atom is -0.481 e. The molecule has 1 aromatic heterocycles. The Morgan fingerprint density at radius 2 is 2.00 bits per heavy atom. The average molecular weight is 286 g/mol. The van der Waals surface area contributed by atoms with Crippen molar-refractivity contribution in [2.75, 3.05) is 5.32 Å². The fourth-order valence-corrected chi connectivity index (χ4v) is 2.21. The summed E-state index contributed by atoms with van der Waals surface area (Å²) in [6.07, 6.45) is 2.06. The van der Waals surface area contributed by atoms with Crippen LogP contribution >= 0.6 is 0 Å². The molecule has 21 heavy (non-hydrogen) atoms. The van der Waals surface area contributed by atoms with Gasteiger partial charge in [-0.25, -0.2) is 4.98 Å². The van der Waals surface area contributed by atoms with Crippen LogP contribution in [0.4, 0.5) is 5.69 Å². The summed E-state index contributed by atoms with van der Waals surface area (Å²) in [7, 11) is 0. The Morgan fingerprint density at radius 3 is 2.52 bits per heavy atom. The Bertz CT molecular complexity index is 690. The topological polar surface area (TPSA) is 92.4 Å². The van der Waals surface area contributed by atoms with Crippen molar-refractivity contribution in [2.45, 2.75) is 13.3 Å². The maximum atomic E-state index is 11.8. The number of aliphatic carboxylic acids is 1. The van der Waals surface area contributed by atoms with Crippen molar-refractivity contribution in [3.8, 4) is 11.3 Å². The molecule has 2 aromatic rings. The summed E-state index contributed by atoms with van der Waals surface area (Å²) in [5.74, 6) is -0.855. The number of carboxylic acids is 1. The summed E-state index contributed by atoms with van der Waals surface area (Å²) < 4.78 is 5.42. The van der Waals surface area contributed by atoms with Crippen molar-refractivity contribution in [1.29, 1.82) is 0 Å². The highest BCUT2D eigenvalue weighted by Crippen LogP contribution is 2.39. The van der Waals surface area contributed by atoms with Crippen molar-refractivity contribution in [3.63, 3.8) is 0 Å². The Kier molecular flexibility index (Phi) is 3.21. The largest absolute Gasteiger partial charge is 0.481 e. The van der Waals surface area contributed by atoms with Gasteiger partial charge in [-0.2, -0.15) is 0 Å². The molecule has 0 saturated heterocycles. The van der Waals surface area contributed by atoms with Gasteiger partial charge in [0.2, 0.25) is 5.91 Å². The normalized spacial score (nSPS) is 20.0. The van der Waals surface area contributed by atoms with Gasteiger partial charge in [0.05, 0.1) is 18.0 Å². The first-order chi connectivity index (χ1) is 10.0. The summed E-state index contributed by atoms with van der Waals surface area (Å²) in [4.78, 5) is 26.6. The number of hydrogen-bond acceptors (Lipinski definition) is 4. The lowest BCUT2D eigenvalue weighted by Gasteiger charge is -2.05. The number of aryl methyl sites for hydroxylation is 1. The second kappa shape index (κ2) is 5.05. The highest BCUT2D eigenvalue weighted by Gasteiger charge is 2.48. The van der Waals surface area contributed by atoms with Crippen molar-refractivity contribution in [2.24, 2.45) is 11.8 Å². The van der Waals surface area contributed by atoms with Gasteiger partial charge in [0.1, 0.15) is 0 Å². The molecule has 1 aliphatic rings. The summed E-state index contributed by atoms with van der Waals surface area (Å²) in [5.41, 5.74) is 1.50. The fourth-order valence-electron chi connectivity index (χ4n) is 2.21. The summed E-state index contributed by atoms with van der Waals surface area (Å²) in [5, 5.41) is 11.5. The first-order valence-corrected chi connectivity index (χ1v) is 6.61. The van der Waals surface area contributed by atoms with E-state index in [0.717, 1.165) is 5.56 Å². The molecule has 1 aromatic carbocycles. The van der Waals surface area contributed by atoms with E-state index in [1.807, 2.05) is 12.1 Å². The zero-order chi connectivity index (χ0) is 15.0. The van der Waals surface area contributed by atoms with E-state index < -0.39 is 17.8 Å². The molecule has 0 bridgehead atoms. The summed E-state index contributed by atoms with van der Waals surface area (Å²) in [6, 6.07) is 7.14. The quantitative estimate of drug-likeness (QED) is 0.899. The number of rotatable bonds is 4. The monoisotopic (exact) mass is 286 g/mol. The van der Waals surface area contributed by atoms with Crippen LogP contribution in [0, 0.1) is 18.8 Å². The number of anilines is 1. The molecule has 6 heteroatoms. The molecule has 0 radical (unpaired) electrons. The number of nitrogens with zero attached hydrogens (tertiary/aromatic N) is 1. The molecule has 1 amide bonds. The van der Waals surface area contributed by atoms with Gasteiger partial charge in [-0.05, 0) is 30.7 Å². The Balaban J connectivity index is 1.65. The molecule has 2 unspecified atom stereocenters. The van der Waals surface area contributed by atoms with Crippen LogP contribution in [0.15, 0.2) is 34.9 Å². The third-order valence-corrected chi connectivity index (χ3v) is 3.50. The molecule has 1 saturated carbocycles.